The summed E-state index contributed by atoms with van der Waals surface area (Å²) in [6, 6.07) is 19.5. The lowest BCUT2D eigenvalue weighted by Crippen LogP contribution is -2.20. The summed E-state index contributed by atoms with van der Waals surface area (Å²) >= 11 is 6.16. The maximum atomic E-state index is 12.5. The summed E-state index contributed by atoms with van der Waals surface area (Å²) in [5.41, 5.74) is 0.940. The molecule has 0 aromatic heterocycles. The molecule has 0 bridgehead atoms. The van der Waals surface area contributed by atoms with Gasteiger partial charge in [0.05, 0.1) is 22.7 Å². The molecule has 0 aliphatic rings. The van der Waals surface area contributed by atoms with E-state index in [0.29, 0.717) is 17.1 Å². The second kappa shape index (κ2) is 9.51. The summed E-state index contributed by atoms with van der Waals surface area (Å²) in [5, 5.41) is 2.74. The van der Waals surface area contributed by atoms with Crippen LogP contribution in [-0.4, -0.2) is 28.0 Å². The minimum atomic E-state index is -3.82. The first-order chi connectivity index (χ1) is 14.4. The average Bonchev–Trinajstić information content (AvgIpc) is 2.73. The minimum absolute atomic E-state index is 0.0258. The lowest BCUT2D eigenvalue weighted by atomic mass is 10.3. The number of sulfonamides is 1. The van der Waals surface area contributed by atoms with E-state index in [4.69, 9.17) is 21.1 Å². The van der Waals surface area contributed by atoms with Gasteiger partial charge in [-0.2, -0.15) is 0 Å². The molecular formula is C21H19ClN2O5S. The molecule has 0 saturated heterocycles. The predicted octanol–water partition coefficient (Wildman–Crippen LogP) is 4.17. The fourth-order valence-electron chi connectivity index (χ4n) is 2.56. The molecule has 7 nitrogen and oxygen atoms in total. The van der Waals surface area contributed by atoms with Crippen molar-refractivity contribution in [3.63, 3.8) is 0 Å². The number of para-hydroxylation sites is 3. The van der Waals surface area contributed by atoms with Gasteiger partial charge in [-0.05, 0) is 42.5 Å². The van der Waals surface area contributed by atoms with Gasteiger partial charge < -0.3 is 14.8 Å². The number of hydrogen-bond acceptors (Lipinski definition) is 5. The fourth-order valence-corrected chi connectivity index (χ4v) is 3.95. The largest absolute Gasteiger partial charge is 0.495 e. The number of nitrogens with one attached hydrogen (secondary N) is 2. The van der Waals surface area contributed by atoms with E-state index in [-0.39, 0.29) is 22.3 Å². The van der Waals surface area contributed by atoms with Crippen LogP contribution in [0.5, 0.6) is 11.5 Å². The van der Waals surface area contributed by atoms with E-state index >= 15 is 0 Å². The second-order valence-electron chi connectivity index (χ2n) is 6.10. The second-order valence-corrected chi connectivity index (χ2v) is 8.19. The highest BCUT2D eigenvalue weighted by Gasteiger charge is 2.17. The molecule has 3 aromatic carbocycles. The van der Waals surface area contributed by atoms with Crippen LogP contribution in [0.15, 0.2) is 77.7 Å². The summed E-state index contributed by atoms with van der Waals surface area (Å²) in [5.74, 6) is 0.285. The summed E-state index contributed by atoms with van der Waals surface area (Å²) < 4.78 is 38.1. The zero-order chi connectivity index (χ0) is 21.6. The van der Waals surface area contributed by atoms with Crippen molar-refractivity contribution in [2.24, 2.45) is 0 Å². The molecule has 0 aliphatic carbocycles. The van der Waals surface area contributed by atoms with Gasteiger partial charge in [-0.1, -0.05) is 41.9 Å². The van der Waals surface area contributed by atoms with E-state index in [9.17, 15) is 13.2 Å². The van der Waals surface area contributed by atoms with Crippen LogP contribution in [0.25, 0.3) is 0 Å². The van der Waals surface area contributed by atoms with Crippen LogP contribution in [0.3, 0.4) is 0 Å². The molecule has 30 heavy (non-hydrogen) atoms. The average molecular weight is 447 g/mol. The molecule has 1 amide bonds. The molecule has 0 spiro atoms. The van der Waals surface area contributed by atoms with Gasteiger partial charge in [0, 0.05) is 5.69 Å². The maximum absolute atomic E-state index is 12.5. The van der Waals surface area contributed by atoms with Gasteiger partial charge in [0.25, 0.3) is 15.9 Å². The van der Waals surface area contributed by atoms with E-state index in [1.165, 1.54) is 25.3 Å². The standard InChI is InChI=1S/C21H19ClN2O5S/c1-28-20-10-6-5-9-18(20)23-21(25)14-29-19-12-11-16(13-17(19)22)30(26,27)24-15-7-3-2-4-8-15/h2-13,24H,14H2,1H3,(H,23,25). The molecule has 0 heterocycles. The van der Waals surface area contributed by atoms with Crippen LogP contribution in [0.4, 0.5) is 11.4 Å². The van der Waals surface area contributed by atoms with Crippen molar-refractivity contribution >= 4 is 38.9 Å². The minimum Gasteiger partial charge on any atom is -0.495 e. The number of hydrogen-bond donors (Lipinski definition) is 2. The van der Waals surface area contributed by atoms with Gasteiger partial charge in [0.2, 0.25) is 0 Å². The lowest BCUT2D eigenvalue weighted by Gasteiger charge is -2.12. The number of anilines is 2. The van der Waals surface area contributed by atoms with E-state index in [1.54, 1.807) is 54.6 Å². The van der Waals surface area contributed by atoms with Crippen molar-refractivity contribution in [2.45, 2.75) is 4.90 Å². The molecule has 2 N–H and O–H groups in total. The SMILES string of the molecule is COc1ccccc1NC(=O)COc1ccc(S(=O)(=O)Nc2ccccc2)cc1Cl. The van der Waals surface area contributed by atoms with E-state index in [1.807, 2.05) is 0 Å². The van der Waals surface area contributed by atoms with E-state index < -0.39 is 15.9 Å². The van der Waals surface area contributed by atoms with Crippen molar-refractivity contribution in [3.05, 3.63) is 77.8 Å². The summed E-state index contributed by atoms with van der Waals surface area (Å²) in [6.45, 7) is -0.313. The number of amides is 1. The molecule has 0 atom stereocenters. The van der Waals surface area contributed by atoms with Gasteiger partial charge in [0.15, 0.2) is 6.61 Å². The maximum Gasteiger partial charge on any atom is 0.262 e. The smallest absolute Gasteiger partial charge is 0.262 e. The Morgan fingerprint density at radius 1 is 0.967 bits per heavy atom. The molecule has 0 aliphatic heterocycles. The Morgan fingerprint density at radius 3 is 2.37 bits per heavy atom. The first kappa shape index (κ1) is 21.5. The van der Waals surface area contributed by atoms with E-state index in [0.717, 1.165) is 0 Å². The Balaban J connectivity index is 1.65. The Morgan fingerprint density at radius 2 is 1.67 bits per heavy atom. The Kier molecular flexibility index (Phi) is 6.81. The van der Waals surface area contributed by atoms with E-state index in [2.05, 4.69) is 10.0 Å². The Labute approximate surface area is 179 Å². The van der Waals surface area contributed by atoms with Crippen molar-refractivity contribution < 1.29 is 22.7 Å². The molecule has 3 aromatic rings. The van der Waals surface area contributed by atoms with Gasteiger partial charge >= 0.3 is 0 Å². The van der Waals surface area contributed by atoms with Crippen molar-refractivity contribution in [1.29, 1.82) is 0 Å². The van der Waals surface area contributed by atoms with Crippen molar-refractivity contribution in [1.82, 2.24) is 0 Å². The van der Waals surface area contributed by atoms with Gasteiger partial charge in [-0.25, -0.2) is 8.42 Å². The summed E-state index contributed by atoms with van der Waals surface area (Å²) in [6.07, 6.45) is 0. The quantitative estimate of drug-likeness (QED) is 0.541. The molecule has 0 radical (unpaired) electrons. The summed E-state index contributed by atoms with van der Waals surface area (Å²) in [4.78, 5) is 12.1. The number of carbonyl (C=O) groups is 1. The monoisotopic (exact) mass is 446 g/mol. The third-order valence-corrected chi connectivity index (χ3v) is 5.65. The number of ether oxygens (including phenoxy) is 2. The normalized spacial score (nSPS) is 10.9. The van der Waals surface area contributed by atoms with Crippen LogP contribution in [-0.2, 0) is 14.8 Å². The topological polar surface area (TPSA) is 93.7 Å². The van der Waals surface area contributed by atoms with Gasteiger partial charge in [-0.15, -0.1) is 0 Å². The number of halogens is 1. The third kappa shape index (κ3) is 5.43. The molecular weight excluding hydrogens is 428 g/mol. The highest BCUT2D eigenvalue weighted by atomic mass is 35.5. The van der Waals surface area contributed by atoms with Crippen LogP contribution in [0.2, 0.25) is 5.02 Å². The number of carbonyl (C=O) groups excluding carboxylic acids is 1. The zero-order valence-corrected chi connectivity index (χ0v) is 17.5. The van der Waals surface area contributed by atoms with Gasteiger partial charge in [-0.3, -0.25) is 9.52 Å². The highest BCUT2D eigenvalue weighted by Crippen LogP contribution is 2.28. The number of benzene rings is 3. The Hall–Kier alpha value is -3.23. The van der Waals surface area contributed by atoms with Crippen LogP contribution in [0.1, 0.15) is 0 Å². The van der Waals surface area contributed by atoms with Crippen LogP contribution in [0, 0.1) is 0 Å². The molecule has 9 heteroatoms. The van der Waals surface area contributed by atoms with Gasteiger partial charge in [0.1, 0.15) is 11.5 Å². The molecule has 0 fully saturated rings. The lowest BCUT2D eigenvalue weighted by molar-refractivity contribution is -0.118. The first-order valence-corrected chi connectivity index (χ1v) is 10.7. The predicted molar refractivity (Wildman–Crippen MR) is 116 cm³/mol. The zero-order valence-electron chi connectivity index (χ0n) is 16.0. The summed E-state index contributed by atoms with van der Waals surface area (Å²) in [7, 11) is -2.31. The molecule has 0 unspecified atom stereocenters. The number of rotatable bonds is 8. The highest BCUT2D eigenvalue weighted by molar-refractivity contribution is 7.92. The molecule has 156 valence electrons. The number of methoxy groups -OCH3 is 1. The molecule has 3 rings (SSSR count). The van der Waals surface area contributed by atoms with Crippen LogP contribution < -0.4 is 19.5 Å². The van der Waals surface area contributed by atoms with Crippen molar-refractivity contribution in [3.8, 4) is 11.5 Å². The van der Waals surface area contributed by atoms with Crippen LogP contribution >= 0.6 is 11.6 Å². The fraction of sp³-hybridized carbons (Fsp3) is 0.0952. The molecule has 0 saturated carbocycles. The third-order valence-electron chi connectivity index (χ3n) is 3.98. The Bertz CT molecular complexity index is 1140. The van der Waals surface area contributed by atoms with Crippen molar-refractivity contribution in [2.75, 3.05) is 23.8 Å². The first-order valence-electron chi connectivity index (χ1n) is 8.82.